The van der Waals surface area contributed by atoms with E-state index in [4.69, 9.17) is 0 Å². The highest BCUT2D eigenvalue weighted by Gasteiger charge is 2.12. The number of aryl methyl sites for hydroxylation is 3. The summed E-state index contributed by atoms with van der Waals surface area (Å²) in [6, 6.07) is 16.0. The Bertz CT molecular complexity index is 1210. The molecule has 0 spiro atoms. The molecule has 0 fully saturated rings. The maximum absolute atomic E-state index is 12.7. The highest BCUT2D eigenvalue weighted by atomic mass is 16.1. The Morgan fingerprint density at radius 3 is 2.73 bits per heavy atom. The van der Waals surface area contributed by atoms with Crippen LogP contribution in [0.5, 0.6) is 0 Å². The number of H-pyrrole nitrogens is 1. The van der Waals surface area contributed by atoms with E-state index in [2.05, 4.69) is 49.9 Å². The lowest BCUT2D eigenvalue weighted by Crippen LogP contribution is -2.27. The Hall–Kier alpha value is -3.67. The third-order valence-corrected chi connectivity index (χ3v) is 5.08. The Morgan fingerprint density at radius 2 is 1.87 bits per heavy atom. The molecule has 0 aliphatic rings. The molecule has 1 amide bonds. The molecule has 0 saturated heterocycles. The van der Waals surface area contributed by atoms with E-state index in [0.29, 0.717) is 23.9 Å². The zero-order valence-electron chi connectivity index (χ0n) is 17.4. The summed E-state index contributed by atoms with van der Waals surface area (Å²) in [5, 5.41) is 7.47. The van der Waals surface area contributed by atoms with E-state index in [0.717, 1.165) is 28.8 Å². The third-order valence-electron chi connectivity index (χ3n) is 5.08. The number of hydrogen-bond acceptors (Lipinski definition) is 4. The van der Waals surface area contributed by atoms with E-state index in [1.807, 2.05) is 38.2 Å². The number of amides is 1. The predicted molar refractivity (Wildman–Crippen MR) is 120 cm³/mol. The largest absolute Gasteiger partial charge is 0.361 e. The zero-order chi connectivity index (χ0) is 21.1. The van der Waals surface area contributed by atoms with Gasteiger partial charge in [-0.05, 0) is 56.0 Å². The molecule has 6 nitrogen and oxygen atoms in total. The van der Waals surface area contributed by atoms with Crippen LogP contribution < -0.4 is 10.6 Å². The van der Waals surface area contributed by atoms with E-state index in [1.54, 1.807) is 13.0 Å². The first kappa shape index (κ1) is 19.6. The minimum atomic E-state index is -0.204. The predicted octanol–water partition coefficient (Wildman–Crippen LogP) is 4.60. The summed E-state index contributed by atoms with van der Waals surface area (Å²) in [5.74, 6) is 0.953. The van der Waals surface area contributed by atoms with E-state index in [1.165, 1.54) is 10.9 Å². The lowest BCUT2D eigenvalue weighted by molar-refractivity contribution is 0.0949. The normalized spacial score (nSPS) is 10.9. The van der Waals surface area contributed by atoms with Crippen molar-refractivity contribution in [3.8, 4) is 0 Å². The molecule has 0 unspecified atom stereocenters. The molecule has 3 N–H and O–H groups in total. The van der Waals surface area contributed by atoms with Crippen LogP contribution in [0.25, 0.3) is 10.9 Å². The molecule has 4 rings (SSSR count). The van der Waals surface area contributed by atoms with Gasteiger partial charge in [-0.3, -0.25) is 4.79 Å². The number of carbonyl (C=O) groups is 1. The number of nitrogens with zero attached hydrogens (tertiary/aromatic N) is 2. The van der Waals surface area contributed by atoms with Crippen LogP contribution in [0.15, 0.2) is 54.7 Å². The fourth-order valence-electron chi connectivity index (χ4n) is 3.50. The minimum absolute atomic E-state index is 0.204. The van der Waals surface area contributed by atoms with Crippen molar-refractivity contribution in [3.63, 3.8) is 0 Å². The van der Waals surface area contributed by atoms with Gasteiger partial charge in [-0.1, -0.05) is 30.3 Å². The van der Waals surface area contributed by atoms with E-state index >= 15 is 0 Å². The van der Waals surface area contributed by atoms with Crippen LogP contribution in [0.4, 0.5) is 11.5 Å². The van der Waals surface area contributed by atoms with Crippen LogP contribution in [-0.2, 0) is 6.42 Å². The highest BCUT2D eigenvalue weighted by molar-refractivity contribution is 5.93. The van der Waals surface area contributed by atoms with Crippen LogP contribution in [0, 0.1) is 20.8 Å². The van der Waals surface area contributed by atoms with Crippen molar-refractivity contribution >= 4 is 28.3 Å². The van der Waals surface area contributed by atoms with Gasteiger partial charge in [-0.2, -0.15) is 0 Å². The van der Waals surface area contributed by atoms with Crippen LogP contribution in [-0.4, -0.2) is 27.4 Å². The molecule has 152 valence electrons. The third kappa shape index (κ3) is 4.33. The number of fused-ring (bicyclic) bond motifs is 1. The van der Waals surface area contributed by atoms with Crippen LogP contribution in [0.1, 0.15) is 33.0 Å². The molecule has 2 heterocycles. The number of aromatic amines is 1. The first-order valence-corrected chi connectivity index (χ1v) is 10.0. The Kier molecular flexibility index (Phi) is 5.48. The summed E-state index contributed by atoms with van der Waals surface area (Å²) in [7, 11) is 0. The summed E-state index contributed by atoms with van der Waals surface area (Å²) < 4.78 is 0. The molecule has 2 aromatic heterocycles. The summed E-state index contributed by atoms with van der Waals surface area (Å²) in [5.41, 5.74) is 5.88. The Morgan fingerprint density at radius 1 is 1.03 bits per heavy atom. The number of aromatic nitrogens is 3. The monoisotopic (exact) mass is 399 g/mol. The second kappa shape index (κ2) is 8.37. The van der Waals surface area contributed by atoms with Gasteiger partial charge >= 0.3 is 0 Å². The Balaban J connectivity index is 1.44. The van der Waals surface area contributed by atoms with Crippen molar-refractivity contribution in [2.45, 2.75) is 27.2 Å². The van der Waals surface area contributed by atoms with Crippen LogP contribution >= 0.6 is 0 Å². The average Bonchev–Trinajstić information content (AvgIpc) is 3.13. The van der Waals surface area contributed by atoms with E-state index in [-0.39, 0.29) is 5.91 Å². The summed E-state index contributed by atoms with van der Waals surface area (Å²) in [6.45, 7) is 6.40. The van der Waals surface area contributed by atoms with Crippen LogP contribution in [0.3, 0.4) is 0 Å². The number of anilines is 2. The van der Waals surface area contributed by atoms with Crippen molar-refractivity contribution in [1.29, 1.82) is 0 Å². The first-order valence-electron chi connectivity index (χ1n) is 10.0. The number of para-hydroxylation sites is 1. The number of rotatable bonds is 6. The lowest BCUT2D eigenvalue weighted by Gasteiger charge is -2.12. The molecular formula is C24H25N5O. The molecule has 0 atom stereocenters. The standard InChI is InChI=1S/C24H25N5O/c1-15-8-9-16(2)21(12-15)29-23-13-22(27-17(3)28-23)24(30)25-11-10-18-14-26-20-7-5-4-6-19(18)20/h4-9,12-14,26H,10-11H2,1-3H3,(H,25,30)(H,27,28,29). The van der Waals surface area contributed by atoms with Crippen LogP contribution in [0.2, 0.25) is 0 Å². The van der Waals surface area contributed by atoms with Crippen molar-refractivity contribution in [1.82, 2.24) is 20.3 Å². The molecule has 0 aliphatic heterocycles. The van der Waals surface area contributed by atoms with E-state index < -0.39 is 0 Å². The number of benzene rings is 2. The average molecular weight is 399 g/mol. The molecule has 6 heteroatoms. The minimum Gasteiger partial charge on any atom is -0.361 e. The van der Waals surface area contributed by atoms with Gasteiger partial charge < -0.3 is 15.6 Å². The molecule has 0 saturated carbocycles. The van der Waals surface area contributed by atoms with Crippen molar-refractivity contribution in [2.75, 3.05) is 11.9 Å². The van der Waals surface area contributed by atoms with Crippen molar-refractivity contribution in [2.24, 2.45) is 0 Å². The summed E-state index contributed by atoms with van der Waals surface area (Å²) >= 11 is 0. The van der Waals surface area contributed by atoms with Gasteiger partial charge in [0.05, 0.1) is 0 Å². The molecule has 0 aliphatic carbocycles. The second-order valence-electron chi connectivity index (χ2n) is 7.49. The lowest BCUT2D eigenvalue weighted by atomic mass is 10.1. The maximum Gasteiger partial charge on any atom is 0.270 e. The van der Waals surface area contributed by atoms with Gasteiger partial charge in [0.1, 0.15) is 17.3 Å². The van der Waals surface area contributed by atoms with Crippen molar-refractivity contribution < 1.29 is 4.79 Å². The molecule has 30 heavy (non-hydrogen) atoms. The fourth-order valence-corrected chi connectivity index (χ4v) is 3.50. The van der Waals surface area contributed by atoms with Gasteiger partial charge in [0.2, 0.25) is 0 Å². The smallest absolute Gasteiger partial charge is 0.270 e. The molecule has 0 radical (unpaired) electrons. The number of hydrogen-bond donors (Lipinski definition) is 3. The number of carbonyl (C=O) groups excluding carboxylic acids is 1. The van der Waals surface area contributed by atoms with Gasteiger partial charge in [-0.15, -0.1) is 0 Å². The highest BCUT2D eigenvalue weighted by Crippen LogP contribution is 2.21. The number of nitrogens with one attached hydrogen (secondary N) is 3. The van der Waals surface area contributed by atoms with Crippen molar-refractivity contribution in [3.05, 3.63) is 82.9 Å². The van der Waals surface area contributed by atoms with Gasteiger partial charge in [-0.25, -0.2) is 9.97 Å². The second-order valence-corrected chi connectivity index (χ2v) is 7.49. The fraction of sp³-hybridized carbons (Fsp3) is 0.208. The Labute approximate surface area is 175 Å². The van der Waals surface area contributed by atoms with Gasteiger partial charge in [0, 0.05) is 35.4 Å². The molecular weight excluding hydrogens is 374 g/mol. The molecule has 2 aromatic carbocycles. The van der Waals surface area contributed by atoms with Gasteiger partial charge in [0.15, 0.2) is 0 Å². The van der Waals surface area contributed by atoms with Gasteiger partial charge in [0.25, 0.3) is 5.91 Å². The summed E-state index contributed by atoms with van der Waals surface area (Å²) in [4.78, 5) is 24.7. The SMILES string of the molecule is Cc1ccc(C)c(Nc2cc(C(=O)NCCc3c[nH]c4ccccc34)nc(C)n2)c1. The zero-order valence-corrected chi connectivity index (χ0v) is 17.4. The van der Waals surface area contributed by atoms with E-state index in [9.17, 15) is 4.79 Å². The molecule has 4 aromatic rings. The first-order chi connectivity index (χ1) is 14.5. The topological polar surface area (TPSA) is 82.7 Å². The summed E-state index contributed by atoms with van der Waals surface area (Å²) in [6.07, 6.45) is 2.74. The quantitative estimate of drug-likeness (QED) is 0.442. The maximum atomic E-state index is 12.7. The molecule has 0 bridgehead atoms.